The summed E-state index contributed by atoms with van der Waals surface area (Å²) in [5, 5.41) is 0. The summed E-state index contributed by atoms with van der Waals surface area (Å²) in [6.07, 6.45) is 3.44. The lowest BCUT2D eigenvalue weighted by Crippen LogP contribution is -2.12. The summed E-state index contributed by atoms with van der Waals surface area (Å²) in [4.78, 5) is 4.23. The van der Waals surface area contributed by atoms with E-state index >= 15 is 0 Å². The lowest BCUT2D eigenvalue weighted by molar-refractivity contribution is 0.313. The van der Waals surface area contributed by atoms with Crippen LogP contribution in [0.4, 0.5) is 4.39 Å². The van der Waals surface area contributed by atoms with Gasteiger partial charge in [-0.1, -0.05) is 19.1 Å². The standard InChI is InChI=1S/C13H16FNO/c1-2-10(7-13-8-16-9-15-13)11-4-3-5-12(14)6-11/h3-6,9-10,13H,2,7-8H2,1H3. The van der Waals surface area contributed by atoms with Crippen LogP contribution >= 0.6 is 0 Å². The maximum atomic E-state index is 13.1. The zero-order chi connectivity index (χ0) is 11.4. The van der Waals surface area contributed by atoms with Crippen molar-refractivity contribution in [2.45, 2.75) is 31.7 Å². The van der Waals surface area contributed by atoms with E-state index < -0.39 is 0 Å². The highest BCUT2D eigenvalue weighted by atomic mass is 19.1. The predicted octanol–water partition coefficient (Wildman–Crippen LogP) is 3.14. The van der Waals surface area contributed by atoms with Gasteiger partial charge in [-0.05, 0) is 36.5 Å². The fourth-order valence-corrected chi connectivity index (χ4v) is 2.08. The predicted molar refractivity (Wildman–Crippen MR) is 62.3 cm³/mol. The largest absolute Gasteiger partial charge is 0.481 e. The van der Waals surface area contributed by atoms with E-state index in [0.29, 0.717) is 12.5 Å². The van der Waals surface area contributed by atoms with E-state index in [2.05, 4.69) is 11.9 Å². The number of aliphatic imine (C=N–C) groups is 1. The Bertz CT molecular complexity index is 378. The number of halogens is 1. The van der Waals surface area contributed by atoms with Gasteiger partial charge in [0.25, 0.3) is 0 Å². The van der Waals surface area contributed by atoms with Crippen LogP contribution in [-0.4, -0.2) is 19.0 Å². The van der Waals surface area contributed by atoms with Crippen LogP contribution in [0.1, 0.15) is 31.2 Å². The first-order valence-electron chi connectivity index (χ1n) is 5.68. The molecule has 0 radical (unpaired) electrons. The Morgan fingerprint density at radius 1 is 1.56 bits per heavy atom. The van der Waals surface area contributed by atoms with Crippen LogP contribution in [0.2, 0.25) is 0 Å². The normalized spacial score (nSPS) is 20.8. The minimum Gasteiger partial charge on any atom is -0.481 e. The van der Waals surface area contributed by atoms with Gasteiger partial charge in [-0.15, -0.1) is 0 Å². The molecule has 1 heterocycles. The van der Waals surface area contributed by atoms with Gasteiger partial charge in [-0.3, -0.25) is 4.99 Å². The van der Waals surface area contributed by atoms with Crippen molar-refractivity contribution in [1.29, 1.82) is 0 Å². The summed E-state index contributed by atoms with van der Waals surface area (Å²) in [6, 6.07) is 7.08. The zero-order valence-corrected chi connectivity index (χ0v) is 9.40. The summed E-state index contributed by atoms with van der Waals surface area (Å²) in [7, 11) is 0. The van der Waals surface area contributed by atoms with Gasteiger partial charge < -0.3 is 4.74 Å². The van der Waals surface area contributed by atoms with E-state index in [-0.39, 0.29) is 11.9 Å². The quantitative estimate of drug-likeness (QED) is 0.765. The zero-order valence-electron chi connectivity index (χ0n) is 9.40. The van der Waals surface area contributed by atoms with Crippen molar-refractivity contribution in [2.24, 2.45) is 4.99 Å². The number of rotatable bonds is 4. The lowest BCUT2D eigenvalue weighted by Gasteiger charge is -2.17. The van der Waals surface area contributed by atoms with E-state index in [1.165, 1.54) is 12.5 Å². The minimum atomic E-state index is -0.165. The smallest absolute Gasteiger partial charge is 0.169 e. The molecular weight excluding hydrogens is 205 g/mol. The van der Waals surface area contributed by atoms with Crippen LogP contribution in [0.25, 0.3) is 0 Å². The molecule has 2 atom stereocenters. The number of nitrogens with zero attached hydrogens (tertiary/aromatic N) is 1. The maximum absolute atomic E-state index is 13.1. The van der Waals surface area contributed by atoms with Crippen molar-refractivity contribution >= 4 is 6.40 Å². The molecule has 2 nitrogen and oxygen atoms in total. The number of hydrogen-bond acceptors (Lipinski definition) is 2. The molecule has 16 heavy (non-hydrogen) atoms. The first-order valence-corrected chi connectivity index (χ1v) is 5.68. The van der Waals surface area contributed by atoms with Gasteiger partial charge in [0.05, 0.1) is 6.04 Å². The molecule has 2 rings (SSSR count). The number of ether oxygens (including phenoxy) is 1. The Kier molecular flexibility index (Phi) is 3.54. The summed E-state index contributed by atoms with van der Waals surface area (Å²) in [5.74, 6) is 0.196. The van der Waals surface area contributed by atoms with E-state index in [0.717, 1.165) is 18.4 Å². The highest BCUT2D eigenvalue weighted by molar-refractivity contribution is 5.49. The number of hydrogen-bond donors (Lipinski definition) is 0. The molecule has 1 aliphatic heterocycles. The Morgan fingerprint density at radius 2 is 2.44 bits per heavy atom. The van der Waals surface area contributed by atoms with E-state index in [9.17, 15) is 4.39 Å². The molecule has 1 aromatic rings. The van der Waals surface area contributed by atoms with Crippen molar-refractivity contribution in [3.63, 3.8) is 0 Å². The van der Waals surface area contributed by atoms with Gasteiger partial charge in [0.15, 0.2) is 6.40 Å². The van der Waals surface area contributed by atoms with Gasteiger partial charge in [0.2, 0.25) is 0 Å². The van der Waals surface area contributed by atoms with Crippen molar-refractivity contribution in [1.82, 2.24) is 0 Å². The first-order chi connectivity index (χ1) is 7.79. The van der Waals surface area contributed by atoms with Crippen LogP contribution in [-0.2, 0) is 4.74 Å². The monoisotopic (exact) mass is 221 g/mol. The fraction of sp³-hybridized carbons (Fsp3) is 0.462. The second-order valence-electron chi connectivity index (χ2n) is 4.14. The average Bonchev–Trinajstić information content (AvgIpc) is 2.78. The average molecular weight is 221 g/mol. The van der Waals surface area contributed by atoms with Crippen LogP contribution in [0, 0.1) is 5.82 Å². The van der Waals surface area contributed by atoms with E-state index in [1.807, 2.05) is 6.07 Å². The molecule has 1 aliphatic rings. The van der Waals surface area contributed by atoms with Crippen LogP contribution in [0.5, 0.6) is 0 Å². The molecule has 0 bridgehead atoms. The Hall–Kier alpha value is -1.38. The van der Waals surface area contributed by atoms with Crippen LogP contribution < -0.4 is 0 Å². The van der Waals surface area contributed by atoms with Crippen molar-refractivity contribution in [2.75, 3.05) is 6.61 Å². The molecule has 0 saturated heterocycles. The van der Waals surface area contributed by atoms with Crippen molar-refractivity contribution in [3.05, 3.63) is 35.6 Å². The van der Waals surface area contributed by atoms with E-state index in [4.69, 9.17) is 4.74 Å². The highest BCUT2D eigenvalue weighted by Gasteiger charge is 2.19. The Morgan fingerprint density at radius 3 is 3.06 bits per heavy atom. The first kappa shape index (κ1) is 11.1. The van der Waals surface area contributed by atoms with Crippen LogP contribution in [0.3, 0.4) is 0 Å². The molecule has 0 fully saturated rings. The van der Waals surface area contributed by atoms with Crippen molar-refractivity contribution in [3.8, 4) is 0 Å². The third-order valence-electron chi connectivity index (χ3n) is 3.00. The molecule has 2 unspecified atom stereocenters. The molecule has 0 spiro atoms. The maximum Gasteiger partial charge on any atom is 0.169 e. The third-order valence-corrected chi connectivity index (χ3v) is 3.00. The second-order valence-corrected chi connectivity index (χ2v) is 4.14. The molecule has 0 aromatic heterocycles. The van der Waals surface area contributed by atoms with Gasteiger partial charge in [0.1, 0.15) is 12.4 Å². The molecule has 0 N–H and O–H groups in total. The number of benzene rings is 1. The van der Waals surface area contributed by atoms with E-state index in [1.54, 1.807) is 12.1 Å². The summed E-state index contributed by atoms with van der Waals surface area (Å²) in [5.41, 5.74) is 1.06. The topological polar surface area (TPSA) is 21.6 Å². The Balaban J connectivity index is 2.06. The molecule has 86 valence electrons. The minimum absolute atomic E-state index is 0.165. The SMILES string of the molecule is CCC(CC1COC=N1)c1cccc(F)c1. The fourth-order valence-electron chi connectivity index (χ4n) is 2.08. The third kappa shape index (κ3) is 2.60. The van der Waals surface area contributed by atoms with Crippen LogP contribution in [0.15, 0.2) is 29.3 Å². The molecule has 0 aliphatic carbocycles. The second kappa shape index (κ2) is 5.10. The molecule has 3 heteroatoms. The lowest BCUT2D eigenvalue weighted by atomic mass is 9.90. The molecular formula is C13H16FNO. The van der Waals surface area contributed by atoms with Gasteiger partial charge in [0, 0.05) is 0 Å². The molecule has 1 aromatic carbocycles. The molecule has 0 amide bonds. The van der Waals surface area contributed by atoms with Gasteiger partial charge in [-0.2, -0.15) is 0 Å². The summed E-state index contributed by atoms with van der Waals surface area (Å²) in [6.45, 7) is 2.78. The van der Waals surface area contributed by atoms with Crippen molar-refractivity contribution < 1.29 is 9.13 Å². The Labute approximate surface area is 95.2 Å². The summed E-state index contributed by atoms with van der Waals surface area (Å²) < 4.78 is 18.2. The highest BCUT2D eigenvalue weighted by Crippen LogP contribution is 2.27. The van der Waals surface area contributed by atoms with Gasteiger partial charge in [-0.25, -0.2) is 4.39 Å². The molecule has 0 saturated carbocycles. The summed E-state index contributed by atoms with van der Waals surface area (Å²) >= 11 is 0. The van der Waals surface area contributed by atoms with Gasteiger partial charge >= 0.3 is 0 Å².